The lowest BCUT2D eigenvalue weighted by Crippen LogP contribution is -2.11. The Morgan fingerprint density at radius 3 is 2.35 bits per heavy atom. The van der Waals surface area contributed by atoms with E-state index in [1.807, 2.05) is 30.3 Å². The first kappa shape index (κ1) is 14.8. The molecule has 0 bridgehead atoms. The smallest absolute Gasteiger partial charge is 0.366 e. The molecule has 0 fully saturated rings. The molecule has 1 aromatic heterocycles. The van der Waals surface area contributed by atoms with E-state index in [0.29, 0.717) is 11.4 Å². The fourth-order valence-electron chi connectivity index (χ4n) is 2.13. The Hall–Kier alpha value is -3.15. The molecule has 0 amide bonds. The van der Waals surface area contributed by atoms with Gasteiger partial charge in [0.25, 0.3) is 0 Å². The quantitative estimate of drug-likeness (QED) is 0.547. The monoisotopic (exact) mass is 309 g/mol. The summed E-state index contributed by atoms with van der Waals surface area (Å²) in [5.74, 6) is 0.680. The predicted molar refractivity (Wildman–Crippen MR) is 84.0 cm³/mol. The number of hydrogen-bond donors (Lipinski definition) is 0. The maximum absolute atomic E-state index is 12.2. The van der Waals surface area contributed by atoms with Crippen molar-refractivity contribution in [3.05, 3.63) is 66.0 Å². The van der Waals surface area contributed by atoms with E-state index in [1.54, 1.807) is 43.0 Å². The van der Waals surface area contributed by atoms with Gasteiger partial charge in [-0.1, -0.05) is 23.4 Å². The molecular weight excluding hydrogens is 294 g/mol. The number of nitrogens with zero attached hydrogens (tertiary/aromatic N) is 3. The highest BCUT2D eigenvalue weighted by Crippen LogP contribution is 2.18. The van der Waals surface area contributed by atoms with Crippen LogP contribution >= 0.6 is 0 Å². The molecule has 3 aromatic rings. The summed E-state index contributed by atoms with van der Waals surface area (Å²) in [5.41, 5.74) is 1.58. The summed E-state index contributed by atoms with van der Waals surface area (Å²) in [5, 5.41) is 7.97. The number of carbonyl (C=O) groups is 1. The molecule has 3 rings (SSSR count). The number of benzene rings is 2. The average Bonchev–Trinajstić information content (AvgIpc) is 2.97. The highest BCUT2D eigenvalue weighted by Gasteiger charge is 2.19. The summed E-state index contributed by atoms with van der Waals surface area (Å²) in [4.78, 5) is 12.2. The summed E-state index contributed by atoms with van der Waals surface area (Å²) in [6.07, 6.45) is 0. The number of ether oxygens (including phenoxy) is 2. The van der Waals surface area contributed by atoms with Crippen molar-refractivity contribution in [2.45, 2.75) is 6.92 Å². The van der Waals surface area contributed by atoms with Crippen LogP contribution in [0.2, 0.25) is 0 Å². The maximum atomic E-state index is 12.2. The number of rotatable bonds is 4. The SMILES string of the molecule is COc1ccc(-n2nnc(C(=O)Oc3ccccc3)c2C)cc1. The Labute approximate surface area is 133 Å². The Morgan fingerprint density at radius 2 is 1.70 bits per heavy atom. The largest absolute Gasteiger partial charge is 0.497 e. The minimum absolute atomic E-state index is 0.185. The van der Waals surface area contributed by atoms with Crippen LogP contribution in [-0.4, -0.2) is 28.1 Å². The zero-order valence-corrected chi connectivity index (χ0v) is 12.8. The standard InChI is InChI=1S/C17H15N3O3/c1-12-16(17(21)23-15-6-4-3-5-7-15)18-19-20(12)13-8-10-14(22-2)11-9-13/h3-11H,1-2H3. The van der Waals surface area contributed by atoms with Gasteiger partial charge in [-0.2, -0.15) is 0 Å². The lowest BCUT2D eigenvalue weighted by molar-refractivity contribution is 0.0727. The van der Waals surface area contributed by atoms with Crippen molar-refractivity contribution in [3.63, 3.8) is 0 Å². The minimum atomic E-state index is -0.534. The molecule has 0 unspecified atom stereocenters. The van der Waals surface area contributed by atoms with Crippen molar-refractivity contribution < 1.29 is 14.3 Å². The molecule has 2 aromatic carbocycles. The third-order valence-electron chi connectivity index (χ3n) is 3.36. The van der Waals surface area contributed by atoms with Crippen LogP contribution in [0.25, 0.3) is 5.69 Å². The van der Waals surface area contributed by atoms with Gasteiger partial charge in [0.1, 0.15) is 11.5 Å². The molecule has 0 N–H and O–H groups in total. The van der Waals surface area contributed by atoms with E-state index in [0.717, 1.165) is 11.4 Å². The summed E-state index contributed by atoms with van der Waals surface area (Å²) in [6.45, 7) is 1.77. The van der Waals surface area contributed by atoms with Gasteiger partial charge in [-0.3, -0.25) is 0 Å². The fourth-order valence-corrected chi connectivity index (χ4v) is 2.13. The van der Waals surface area contributed by atoms with Crippen molar-refractivity contribution >= 4 is 5.97 Å². The normalized spacial score (nSPS) is 10.3. The lowest BCUT2D eigenvalue weighted by atomic mass is 10.3. The van der Waals surface area contributed by atoms with Crippen LogP contribution in [0.1, 0.15) is 16.2 Å². The molecule has 0 spiro atoms. The third-order valence-corrected chi connectivity index (χ3v) is 3.36. The van der Waals surface area contributed by atoms with Gasteiger partial charge in [0.15, 0.2) is 5.69 Å². The molecule has 116 valence electrons. The van der Waals surface area contributed by atoms with Gasteiger partial charge in [-0.25, -0.2) is 9.48 Å². The highest BCUT2D eigenvalue weighted by molar-refractivity contribution is 5.90. The van der Waals surface area contributed by atoms with Crippen molar-refractivity contribution in [1.82, 2.24) is 15.0 Å². The summed E-state index contributed by atoms with van der Waals surface area (Å²) < 4.78 is 12.0. The number of methoxy groups -OCH3 is 1. The second kappa shape index (κ2) is 6.31. The Bertz CT molecular complexity index is 811. The molecule has 6 nitrogen and oxygen atoms in total. The van der Waals surface area contributed by atoms with Gasteiger partial charge in [0.2, 0.25) is 0 Å². The van der Waals surface area contributed by atoms with Crippen LogP contribution in [0.4, 0.5) is 0 Å². The second-order valence-corrected chi connectivity index (χ2v) is 4.84. The zero-order valence-electron chi connectivity index (χ0n) is 12.8. The van der Waals surface area contributed by atoms with Crippen LogP contribution in [0, 0.1) is 6.92 Å². The molecule has 0 saturated heterocycles. The summed E-state index contributed by atoms with van der Waals surface area (Å²) in [6, 6.07) is 16.2. The van der Waals surface area contributed by atoms with E-state index in [-0.39, 0.29) is 5.69 Å². The molecule has 0 saturated carbocycles. The number of hydrogen-bond acceptors (Lipinski definition) is 5. The Morgan fingerprint density at radius 1 is 1.00 bits per heavy atom. The molecule has 0 atom stereocenters. The van der Waals surface area contributed by atoms with Crippen LogP contribution in [0.15, 0.2) is 54.6 Å². The molecule has 1 heterocycles. The zero-order chi connectivity index (χ0) is 16.2. The second-order valence-electron chi connectivity index (χ2n) is 4.84. The first-order valence-electron chi connectivity index (χ1n) is 7.03. The summed E-state index contributed by atoms with van der Waals surface area (Å²) >= 11 is 0. The number of para-hydroxylation sites is 1. The molecule has 0 radical (unpaired) electrons. The van der Waals surface area contributed by atoms with Gasteiger partial charge in [-0.15, -0.1) is 5.10 Å². The van der Waals surface area contributed by atoms with Crippen LogP contribution in [0.3, 0.4) is 0 Å². The van der Waals surface area contributed by atoms with E-state index in [1.165, 1.54) is 0 Å². The Balaban J connectivity index is 1.85. The van der Waals surface area contributed by atoms with Gasteiger partial charge in [0, 0.05) is 0 Å². The first-order chi connectivity index (χ1) is 11.2. The van der Waals surface area contributed by atoms with E-state index in [4.69, 9.17) is 9.47 Å². The molecule has 0 aliphatic heterocycles. The topological polar surface area (TPSA) is 66.2 Å². The molecular formula is C17H15N3O3. The summed E-state index contributed by atoms with van der Waals surface area (Å²) in [7, 11) is 1.60. The molecule has 23 heavy (non-hydrogen) atoms. The van der Waals surface area contributed by atoms with Crippen molar-refractivity contribution in [2.24, 2.45) is 0 Å². The maximum Gasteiger partial charge on any atom is 0.366 e. The Kier molecular flexibility index (Phi) is 4.05. The van der Waals surface area contributed by atoms with Gasteiger partial charge >= 0.3 is 5.97 Å². The van der Waals surface area contributed by atoms with Gasteiger partial charge < -0.3 is 9.47 Å². The van der Waals surface area contributed by atoms with E-state index in [9.17, 15) is 4.79 Å². The fraction of sp³-hybridized carbons (Fsp3) is 0.118. The average molecular weight is 309 g/mol. The van der Waals surface area contributed by atoms with Crippen molar-refractivity contribution in [3.8, 4) is 17.2 Å². The number of aromatic nitrogens is 3. The van der Waals surface area contributed by atoms with Crippen LogP contribution in [-0.2, 0) is 0 Å². The predicted octanol–water partition coefficient (Wildman–Crippen LogP) is 2.80. The van der Waals surface area contributed by atoms with E-state index in [2.05, 4.69) is 10.3 Å². The molecule has 0 aliphatic rings. The van der Waals surface area contributed by atoms with E-state index < -0.39 is 5.97 Å². The lowest BCUT2D eigenvalue weighted by Gasteiger charge is -2.05. The highest BCUT2D eigenvalue weighted by atomic mass is 16.5. The first-order valence-corrected chi connectivity index (χ1v) is 7.03. The van der Waals surface area contributed by atoms with Crippen molar-refractivity contribution in [2.75, 3.05) is 7.11 Å². The van der Waals surface area contributed by atoms with Gasteiger partial charge in [0.05, 0.1) is 18.5 Å². The van der Waals surface area contributed by atoms with Crippen molar-refractivity contribution in [1.29, 1.82) is 0 Å². The van der Waals surface area contributed by atoms with Crippen LogP contribution in [0.5, 0.6) is 11.5 Å². The van der Waals surface area contributed by atoms with Gasteiger partial charge in [-0.05, 0) is 43.3 Å². The minimum Gasteiger partial charge on any atom is -0.497 e. The molecule has 6 heteroatoms. The van der Waals surface area contributed by atoms with E-state index >= 15 is 0 Å². The number of esters is 1. The number of carbonyl (C=O) groups excluding carboxylic acids is 1. The third kappa shape index (κ3) is 3.06. The van der Waals surface area contributed by atoms with Crippen LogP contribution < -0.4 is 9.47 Å². The molecule has 0 aliphatic carbocycles.